The minimum absolute atomic E-state index is 0.216. The summed E-state index contributed by atoms with van der Waals surface area (Å²) < 4.78 is 13.9. The molecule has 2 N–H and O–H groups in total. The Kier molecular flexibility index (Phi) is 2.65. The Morgan fingerprint density at radius 3 is 2.67 bits per heavy atom. The van der Waals surface area contributed by atoms with Crippen molar-refractivity contribution in [1.82, 2.24) is 5.32 Å². The zero-order chi connectivity index (χ0) is 10.9. The Balaban J connectivity index is 2.30. The van der Waals surface area contributed by atoms with Gasteiger partial charge >= 0.3 is 0 Å². The molecule has 15 heavy (non-hydrogen) atoms. The van der Waals surface area contributed by atoms with E-state index in [0.29, 0.717) is 6.42 Å². The number of halogens is 1. The molecule has 0 bridgehead atoms. The molecule has 0 saturated carbocycles. The van der Waals surface area contributed by atoms with Crippen LogP contribution in [0.15, 0.2) is 24.3 Å². The van der Waals surface area contributed by atoms with Gasteiger partial charge in [0.25, 0.3) is 0 Å². The minimum Gasteiger partial charge on any atom is -0.508 e. The highest BCUT2D eigenvalue weighted by atomic mass is 19.1. The van der Waals surface area contributed by atoms with Crippen LogP contribution in [0.1, 0.15) is 25.3 Å². The first-order chi connectivity index (χ1) is 7.13. The largest absolute Gasteiger partial charge is 0.508 e. The Bertz CT molecular complexity index is 338. The number of aromatic hydroxyl groups is 1. The molecule has 0 aromatic heterocycles. The fourth-order valence-corrected chi connectivity index (χ4v) is 2.12. The molecule has 2 rings (SSSR count). The quantitative estimate of drug-likeness (QED) is 0.744. The first-order valence-electron chi connectivity index (χ1n) is 5.31. The van der Waals surface area contributed by atoms with Crippen molar-refractivity contribution in [2.24, 2.45) is 0 Å². The molecule has 0 radical (unpaired) electrons. The fraction of sp³-hybridized carbons (Fsp3) is 0.500. The van der Waals surface area contributed by atoms with Crippen molar-refractivity contribution >= 4 is 0 Å². The summed E-state index contributed by atoms with van der Waals surface area (Å²) in [7, 11) is 0. The standard InChI is InChI=1S/C12H16FNO/c1-12(11(13)3-2-8-14-12)9-4-6-10(15)7-5-9/h4-7,11,14-15H,2-3,8H2,1H3. The van der Waals surface area contributed by atoms with Crippen LogP contribution in [0.4, 0.5) is 4.39 Å². The van der Waals surface area contributed by atoms with Gasteiger partial charge in [-0.25, -0.2) is 4.39 Å². The number of phenolic OH excluding ortho intramolecular Hbond substituents is 1. The molecule has 1 saturated heterocycles. The predicted octanol–water partition coefficient (Wildman–Crippen LogP) is 2.33. The minimum atomic E-state index is -0.865. The zero-order valence-corrected chi connectivity index (χ0v) is 8.83. The molecule has 1 aliphatic rings. The van der Waals surface area contributed by atoms with E-state index >= 15 is 0 Å². The van der Waals surface area contributed by atoms with Crippen molar-refractivity contribution in [3.05, 3.63) is 29.8 Å². The lowest BCUT2D eigenvalue weighted by atomic mass is 9.82. The van der Waals surface area contributed by atoms with Crippen molar-refractivity contribution in [2.45, 2.75) is 31.5 Å². The van der Waals surface area contributed by atoms with E-state index in [2.05, 4.69) is 5.32 Å². The number of benzene rings is 1. The molecule has 0 spiro atoms. The van der Waals surface area contributed by atoms with Crippen LogP contribution in [0.2, 0.25) is 0 Å². The molecule has 0 aliphatic carbocycles. The maximum Gasteiger partial charge on any atom is 0.122 e. The summed E-state index contributed by atoms with van der Waals surface area (Å²) in [5.41, 5.74) is 0.291. The lowest BCUT2D eigenvalue weighted by Gasteiger charge is -2.38. The van der Waals surface area contributed by atoms with Crippen LogP contribution < -0.4 is 5.32 Å². The summed E-state index contributed by atoms with van der Waals surface area (Å²) >= 11 is 0. The van der Waals surface area contributed by atoms with Gasteiger partial charge < -0.3 is 10.4 Å². The number of rotatable bonds is 1. The highest BCUT2D eigenvalue weighted by Crippen LogP contribution is 2.33. The van der Waals surface area contributed by atoms with E-state index in [1.165, 1.54) is 0 Å². The number of hydrogen-bond donors (Lipinski definition) is 2. The highest BCUT2D eigenvalue weighted by Gasteiger charge is 2.37. The SMILES string of the molecule is CC1(c2ccc(O)cc2)NCCCC1F. The van der Waals surface area contributed by atoms with Gasteiger partial charge in [0.05, 0.1) is 5.54 Å². The molecule has 2 unspecified atom stereocenters. The van der Waals surface area contributed by atoms with Gasteiger partial charge in [-0.15, -0.1) is 0 Å². The lowest BCUT2D eigenvalue weighted by molar-refractivity contribution is 0.121. The second-order valence-corrected chi connectivity index (χ2v) is 4.29. The van der Waals surface area contributed by atoms with Crippen LogP contribution in [0, 0.1) is 0 Å². The van der Waals surface area contributed by atoms with Crippen LogP contribution in [0.25, 0.3) is 0 Å². The molecule has 2 atom stereocenters. The first-order valence-corrected chi connectivity index (χ1v) is 5.31. The van der Waals surface area contributed by atoms with Crippen LogP contribution in [0.5, 0.6) is 5.75 Å². The molecule has 1 aromatic carbocycles. The van der Waals surface area contributed by atoms with Gasteiger partial charge in [-0.05, 0) is 44.0 Å². The van der Waals surface area contributed by atoms with Crippen molar-refractivity contribution in [3.8, 4) is 5.75 Å². The second-order valence-electron chi connectivity index (χ2n) is 4.29. The molecule has 1 aliphatic heterocycles. The summed E-state index contributed by atoms with van der Waals surface area (Å²) in [6.07, 6.45) is 0.620. The third kappa shape index (κ3) is 1.84. The van der Waals surface area contributed by atoms with Crippen molar-refractivity contribution in [3.63, 3.8) is 0 Å². The summed E-state index contributed by atoms with van der Waals surface area (Å²) in [5, 5.41) is 12.4. The maximum atomic E-state index is 13.9. The van der Waals surface area contributed by atoms with Gasteiger partial charge in [-0.2, -0.15) is 0 Å². The Morgan fingerprint density at radius 2 is 2.07 bits per heavy atom. The third-order valence-corrected chi connectivity index (χ3v) is 3.22. The van der Waals surface area contributed by atoms with Gasteiger partial charge in [0.15, 0.2) is 0 Å². The van der Waals surface area contributed by atoms with E-state index in [4.69, 9.17) is 0 Å². The molecular formula is C12H16FNO. The van der Waals surface area contributed by atoms with Crippen molar-refractivity contribution in [2.75, 3.05) is 6.54 Å². The summed E-state index contributed by atoms with van der Waals surface area (Å²) in [6.45, 7) is 2.72. The van der Waals surface area contributed by atoms with E-state index in [0.717, 1.165) is 18.5 Å². The first kappa shape index (κ1) is 10.4. The van der Waals surface area contributed by atoms with Crippen LogP contribution in [-0.4, -0.2) is 17.8 Å². The summed E-state index contributed by atoms with van der Waals surface area (Å²) in [6, 6.07) is 6.76. The highest BCUT2D eigenvalue weighted by molar-refractivity contribution is 5.32. The molecule has 82 valence electrons. The Morgan fingerprint density at radius 1 is 1.40 bits per heavy atom. The topological polar surface area (TPSA) is 32.3 Å². The van der Waals surface area contributed by atoms with E-state index in [1.807, 2.05) is 6.92 Å². The number of hydrogen-bond acceptors (Lipinski definition) is 2. The molecule has 0 amide bonds. The molecule has 1 heterocycles. The molecule has 1 aromatic rings. The maximum absolute atomic E-state index is 13.9. The predicted molar refractivity (Wildman–Crippen MR) is 57.6 cm³/mol. The van der Waals surface area contributed by atoms with Crippen LogP contribution >= 0.6 is 0 Å². The van der Waals surface area contributed by atoms with E-state index in [-0.39, 0.29) is 5.75 Å². The molecule has 3 heteroatoms. The molecular weight excluding hydrogens is 193 g/mol. The molecule has 2 nitrogen and oxygen atoms in total. The Labute approximate surface area is 89.1 Å². The Hall–Kier alpha value is -1.09. The van der Waals surface area contributed by atoms with E-state index < -0.39 is 11.7 Å². The van der Waals surface area contributed by atoms with Crippen molar-refractivity contribution < 1.29 is 9.50 Å². The van der Waals surface area contributed by atoms with E-state index in [9.17, 15) is 9.50 Å². The lowest BCUT2D eigenvalue weighted by Crippen LogP contribution is -2.51. The third-order valence-electron chi connectivity index (χ3n) is 3.22. The number of nitrogens with one attached hydrogen (secondary N) is 1. The average Bonchev–Trinajstić information content (AvgIpc) is 2.23. The smallest absolute Gasteiger partial charge is 0.122 e. The van der Waals surface area contributed by atoms with Gasteiger partial charge in [-0.1, -0.05) is 12.1 Å². The second kappa shape index (κ2) is 3.81. The van der Waals surface area contributed by atoms with Gasteiger partial charge in [0, 0.05) is 0 Å². The monoisotopic (exact) mass is 209 g/mol. The number of alkyl halides is 1. The summed E-state index contributed by atoms with van der Waals surface area (Å²) in [5.74, 6) is 0.216. The van der Waals surface area contributed by atoms with Gasteiger partial charge in [0.2, 0.25) is 0 Å². The van der Waals surface area contributed by atoms with Gasteiger partial charge in [-0.3, -0.25) is 0 Å². The van der Waals surface area contributed by atoms with Gasteiger partial charge in [0.1, 0.15) is 11.9 Å². The number of piperidine rings is 1. The molecule has 1 fully saturated rings. The van der Waals surface area contributed by atoms with Crippen molar-refractivity contribution in [1.29, 1.82) is 0 Å². The van der Waals surface area contributed by atoms with Crippen LogP contribution in [0.3, 0.4) is 0 Å². The van der Waals surface area contributed by atoms with E-state index in [1.54, 1.807) is 24.3 Å². The summed E-state index contributed by atoms with van der Waals surface area (Å²) in [4.78, 5) is 0. The van der Waals surface area contributed by atoms with Crippen LogP contribution in [-0.2, 0) is 5.54 Å². The normalized spacial score (nSPS) is 31.5. The zero-order valence-electron chi connectivity index (χ0n) is 8.83. The number of phenols is 1. The fourth-order valence-electron chi connectivity index (χ4n) is 2.12. The average molecular weight is 209 g/mol.